The zero-order valence-corrected chi connectivity index (χ0v) is 10.5. The van der Waals surface area contributed by atoms with Gasteiger partial charge in [-0.2, -0.15) is 0 Å². The second-order valence-electron chi connectivity index (χ2n) is 3.08. The van der Waals surface area contributed by atoms with Crippen LogP contribution in [0.4, 0.5) is 0 Å². The van der Waals surface area contributed by atoms with Crippen LogP contribution in [0.5, 0.6) is 0 Å². The number of alkyl halides is 2. The van der Waals surface area contributed by atoms with E-state index in [0.29, 0.717) is 10.9 Å². The van der Waals surface area contributed by atoms with Crippen LogP contribution in [0, 0.1) is 0 Å². The highest BCUT2D eigenvalue weighted by Crippen LogP contribution is 2.26. The molecule has 4 nitrogen and oxygen atoms in total. The van der Waals surface area contributed by atoms with Crippen LogP contribution in [0.2, 0.25) is 0 Å². The van der Waals surface area contributed by atoms with Crippen molar-refractivity contribution in [1.82, 2.24) is 20.8 Å². The summed E-state index contributed by atoms with van der Waals surface area (Å²) < 4.78 is 0. The monoisotopic (exact) mass is 320 g/mol. The van der Waals surface area contributed by atoms with Crippen molar-refractivity contribution in [1.29, 1.82) is 0 Å². The molecule has 0 aromatic carbocycles. The Morgan fingerprint density at radius 1 is 1.29 bits per heavy atom. The summed E-state index contributed by atoms with van der Waals surface area (Å²) in [5, 5.41) is 0.888. The first-order valence-corrected chi connectivity index (χ1v) is 6.34. The van der Waals surface area contributed by atoms with Gasteiger partial charge in [-0.3, -0.25) is 5.43 Å². The third-order valence-corrected chi connectivity index (χ3v) is 4.02. The van der Waals surface area contributed by atoms with Gasteiger partial charge in [0.05, 0.1) is 10.9 Å². The Morgan fingerprint density at radius 2 is 2.00 bits per heavy atom. The molecule has 3 unspecified atom stereocenters. The zero-order valence-electron chi connectivity index (χ0n) is 7.32. The van der Waals surface area contributed by atoms with Crippen LogP contribution in [0.3, 0.4) is 0 Å². The predicted molar refractivity (Wildman–Crippen MR) is 61.3 cm³/mol. The van der Waals surface area contributed by atoms with Crippen LogP contribution < -0.4 is 10.9 Å². The van der Waals surface area contributed by atoms with E-state index in [0.717, 1.165) is 11.2 Å². The summed E-state index contributed by atoms with van der Waals surface area (Å²) >= 11 is 7.08. The number of nitrogens with zero attached hydrogens (tertiary/aromatic N) is 2. The molecule has 0 aliphatic carbocycles. The molecule has 1 aliphatic rings. The third kappa shape index (κ3) is 1.98. The molecule has 2 rings (SSSR count). The minimum Gasteiger partial charge on any atom is -0.252 e. The number of aromatic nitrogens is 2. The largest absolute Gasteiger partial charge is 0.252 e. The van der Waals surface area contributed by atoms with E-state index in [1.807, 2.05) is 6.07 Å². The van der Waals surface area contributed by atoms with Crippen LogP contribution in [0.1, 0.15) is 11.9 Å². The first-order chi connectivity index (χ1) is 6.83. The lowest BCUT2D eigenvalue weighted by Gasteiger charge is -2.13. The molecule has 0 radical (unpaired) electrons. The molecule has 1 saturated heterocycles. The van der Waals surface area contributed by atoms with Crippen molar-refractivity contribution in [2.75, 3.05) is 5.33 Å². The van der Waals surface area contributed by atoms with Crippen molar-refractivity contribution < 1.29 is 0 Å². The third-order valence-electron chi connectivity index (χ3n) is 2.16. The van der Waals surface area contributed by atoms with Gasteiger partial charge in [0.25, 0.3) is 0 Å². The summed E-state index contributed by atoms with van der Waals surface area (Å²) in [5.74, 6) is 0.810. The maximum absolute atomic E-state index is 4.22. The minimum atomic E-state index is 0.124. The summed E-state index contributed by atoms with van der Waals surface area (Å²) in [7, 11) is 0. The van der Waals surface area contributed by atoms with E-state index in [1.54, 1.807) is 12.4 Å². The first-order valence-electron chi connectivity index (χ1n) is 4.31. The van der Waals surface area contributed by atoms with Crippen molar-refractivity contribution in [3.63, 3.8) is 0 Å². The van der Waals surface area contributed by atoms with Crippen LogP contribution in [-0.2, 0) is 0 Å². The maximum atomic E-state index is 4.22. The van der Waals surface area contributed by atoms with Gasteiger partial charge in [-0.1, -0.05) is 31.9 Å². The lowest BCUT2D eigenvalue weighted by atomic mass is 10.1. The average Bonchev–Trinajstić information content (AvgIpc) is 2.61. The highest BCUT2D eigenvalue weighted by molar-refractivity contribution is 9.10. The van der Waals surface area contributed by atoms with Crippen LogP contribution >= 0.6 is 31.9 Å². The molecule has 1 fully saturated rings. The molecule has 0 spiro atoms. The molecule has 1 aromatic rings. The van der Waals surface area contributed by atoms with Gasteiger partial charge in [0.15, 0.2) is 0 Å². The zero-order chi connectivity index (χ0) is 9.97. The second kappa shape index (κ2) is 4.65. The summed E-state index contributed by atoms with van der Waals surface area (Å²) in [5.41, 5.74) is 6.35. The highest BCUT2D eigenvalue weighted by Gasteiger charge is 2.35. The Hall–Kier alpha value is -0.0400. The number of rotatable bonds is 2. The van der Waals surface area contributed by atoms with Gasteiger partial charge < -0.3 is 0 Å². The molecular formula is C8H10Br2N4. The molecule has 6 heteroatoms. The lowest BCUT2D eigenvalue weighted by molar-refractivity contribution is 0.546. The molecule has 3 atom stereocenters. The van der Waals surface area contributed by atoms with Crippen LogP contribution in [0.15, 0.2) is 18.5 Å². The van der Waals surface area contributed by atoms with E-state index in [2.05, 4.69) is 52.7 Å². The van der Waals surface area contributed by atoms with Gasteiger partial charge >= 0.3 is 0 Å². The molecule has 0 bridgehead atoms. The van der Waals surface area contributed by atoms with Crippen molar-refractivity contribution in [2.24, 2.45) is 0 Å². The van der Waals surface area contributed by atoms with Crippen LogP contribution in [-0.4, -0.2) is 26.2 Å². The summed E-state index contributed by atoms with van der Waals surface area (Å²) in [6.45, 7) is 0. The van der Waals surface area contributed by atoms with Gasteiger partial charge in [0, 0.05) is 23.8 Å². The van der Waals surface area contributed by atoms with Gasteiger partial charge in [0.1, 0.15) is 5.82 Å². The molecular weight excluding hydrogens is 312 g/mol. The quantitative estimate of drug-likeness (QED) is 0.802. The first kappa shape index (κ1) is 10.5. The number of hydrogen-bond acceptors (Lipinski definition) is 4. The normalized spacial score (nSPS) is 32.0. The van der Waals surface area contributed by atoms with E-state index in [9.17, 15) is 0 Å². The molecule has 1 aromatic heterocycles. The molecule has 14 heavy (non-hydrogen) atoms. The predicted octanol–water partition coefficient (Wildman–Crippen LogP) is 1.15. The standard InChI is InChI=1S/C8H10Br2N4/c9-4-5-6(10)7(14-13-5)8-11-2-1-3-12-8/h1-3,5-7,13-14H,4H2. The summed E-state index contributed by atoms with van der Waals surface area (Å²) in [6, 6.07) is 2.29. The molecule has 76 valence electrons. The van der Waals surface area contributed by atoms with Gasteiger partial charge in [0.2, 0.25) is 0 Å². The van der Waals surface area contributed by atoms with Crippen molar-refractivity contribution in [2.45, 2.75) is 16.9 Å². The van der Waals surface area contributed by atoms with Crippen molar-refractivity contribution in [3.8, 4) is 0 Å². The second-order valence-corrected chi connectivity index (χ2v) is 4.78. The fraction of sp³-hybridized carbons (Fsp3) is 0.500. The molecule has 0 amide bonds. The topological polar surface area (TPSA) is 49.8 Å². The Balaban J connectivity index is 2.14. The highest BCUT2D eigenvalue weighted by atomic mass is 79.9. The molecule has 0 saturated carbocycles. The van der Waals surface area contributed by atoms with E-state index in [-0.39, 0.29) is 6.04 Å². The fourth-order valence-electron chi connectivity index (χ4n) is 1.39. The Labute approximate surface area is 99.1 Å². The maximum Gasteiger partial charge on any atom is 0.147 e. The number of halogens is 2. The SMILES string of the molecule is BrCC1NNC(c2ncccn2)C1Br. The molecule has 2 N–H and O–H groups in total. The van der Waals surface area contributed by atoms with Crippen molar-refractivity contribution in [3.05, 3.63) is 24.3 Å². The van der Waals surface area contributed by atoms with Gasteiger partial charge in [-0.25, -0.2) is 15.4 Å². The Bertz CT molecular complexity index is 295. The van der Waals surface area contributed by atoms with E-state index >= 15 is 0 Å². The van der Waals surface area contributed by atoms with E-state index < -0.39 is 0 Å². The molecule has 1 aliphatic heterocycles. The summed E-state index contributed by atoms with van der Waals surface area (Å²) in [6.07, 6.45) is 3.51. The Kier molecular flexibility index (Phi) is 3.48. The molecule has 2 heterocycles. The summed E-state index contributed by atoms with van der Waals surface area (Å²) in [4.78, 5) is 8.74. The smallest absolute Gasteiger partial charge is 0.147 e. The average molecular weight is 322 g/mol. The number of nitrogens with one attached hydrogen (secondary N) is 2. The van der Waals surface area contributed by atoms with E-state index in [4.69, 9.17) is 0 Å². The van der Waals surface area contributed by atoms with E-state index in [1.165, 1.54) is 0 Å². The van der Waals surface area contributed by atoms with Gasteiger partial charge in [-0.15, -0.1) is 0 Å². The number of hydrogen-bond donors (Lipinski definition) is 2. The number of hydrazine groups is 1. The lowest BCUT2D eigenvalue weighted by Crippen LogP contribution is -2.33. The van der Waals surface area contributed by atoms with Crippen molar-refractivity contribution >= 4 is 31.9 Å². The van der Waals surface area contributed by atoms with Gasteiger partial charge in [-0.05, 0) is 6.07 Å². The fourth-order valence-corrected chi connectivity index (χ4v) is 3.14. The van der Waals surface area contributed by atoms with Crippen LogP contribution in [0.25, 0.3) is 0 Å². The Morgan fingerprint density at radius 3 is 2.57 bits per heavy atom. The minimum absolute atomic E-state index is 0.124.